The number of hydrogen-bond acceptors (Lipinski definition) is 3. The second kappa shape index (κ2) is 11.3. The van der Waals surface area contributed by atoms with Crippen molar-refractivity contribution in [3.63, 3.8) is 0 Å². The number of thioether (sulfide) groups is 1. The lowest BCUT2D eigenvalue weighted by Gasteiger charge is -2.29. The van der Waals surface area contributed by atoms with Gasteiger partial charge in [0.15, 0.2) is 0 Å². The number of carbonyl (C=O) groups is 2. The van der Waals surface area contributed by atoms with Gasteiger partial charge in [0.25, 0.3) is 0 Å². The number of benzene rings is 2. The summed E-state index contributed by atoms with van der Waals surface area (Å²) in [6.45, 7) is 8.84. The molecule has 1 N–H and O–H groups in total. The Morgan fingerprint density at radius 3 is 2.24 bits per heavy atom. The maximum Gasteiger partial charge on any atom is 0.242 e. The molecule has 2 aromatic carbocycles. The van der Waals surface area contributed by atoms with Crippen LogP contribution in [-0.2, 0) is 16.1 Å². The van der Waals surface area contributed by atoms with Crippen molar-refractivity contribution < 1.29 is 9.59 Å². The molecule has 0 aromatic heterocycles. The van der Waals surface area contributed by atoms with Gasteiger partial charge in [0, 0.05) is 23.0 Å². The van der Waals surface area contributed by atoms with Crippen molar-refractivity contribution >= 4 is 35.2 Å². The Morgan fingerprint density at radius 2 is 1.66 bits per heavy atom. The van der Waals surface area contributed by atoms with Crippen LogP contribution in [0.3, 0.4) is 0 Å². The van der Waals surface area contributed by atoms with Crippen LogP contribution in [0.5, 0.6) is 0 Å². The maximum atomic E-state index is 13.0. The molecule has 0 heterocycles. The van der Waals surface area contributed by atoms with Crippen LogP contribution in [-0.4, -0.2) is 35.1 Å². The molecule has 0 aliphatic heterocycles. The number of nitrogens with one attached hydrogen (secondary N) is 1. The Labute approximate surface area is 183 Å². The summed E-state index contributed by atoms with van der Waals surface area (Å²) in [5, 5.41) is 3.57. The smallest absolute Gasteiger partial charge is 0.242 e. The van der Waals surface area contributed by atoms with Gasteiger partial charge in [-0.05, 0) is 49.6 Å². The number of carbonyl (C=O) groups excluding carboxylic acids is 2. The number of hydrogen-bond donors (Lipinski definition) is 1. The molecule has 0 saturated heterocycles. The van der Waals surface area contributed by atoms with E-state index in [1.54, 1.807) is 24.0 Å². The van der Waals surface area contributed by atoms with E-state index in [2.05, 4.69) is 5.32 Å². The minimum Gasteiger partial charge on any atom is -0.354 e. The Morgan fingerprint density at radius 1 is 1.03 bits per heavy atom. The van der Waals surface area contributed by atoms with Gasteiger partial charge >= 0.3 is 0 Å². The van der Waals surface area contributed by atoms with Gasteiger partial charge in [-0.25, -0.2) is 0 Å². The molecule has 4 nitrogen and oxygen atoms in total. The average Bonchev–Trinajstić information content (AvgIpc) is 2.70. The van der Waals surface area contributed by atoms with Crippen molar-refractivity contribution in [2.45, 2.75) is 45.2 Å². The number of aryl methyl sites for hydroxylation is 1. The molecule has 0 saturated carbocycles. The van der Waals surface area contributed by atoms with E-state index in [0.29, 0.717) is 24.0 Å². The summed E-state index contributed by atoms with van der Waals surface area (Å²) in [6, 6.07) is 14.9. The molecule has 0 spiro atoms. The lowest BCUT2D eigenvalue weighted by atomic mass is 10.1. The van der Waals surface area contributed by atoms with Crippen LogP contribution < -0.4 is 5.32 Å². The first kappa shape index (κ1) is 23.3. The second-order valence-corrected chi connectivity index (χ2v) is 9.05. The van der Waals surface area contributed by atoms with Crippen LogP contribution in [0.15, 0.2) is 53.4 Å². The van der Waals surface area contributed by atoms with Crippen molar-refractivity contribution in [2.24, 2.45) is 5.92 Å². The fourth-order valence-corrected chi connectivity index (χ4v) is 3.59. The van der Waals surface area contributed by atoms with E-state index in [1.807, 2.05) is 57.2 Å². The van der Waals surface area contributed by atoms with E-state index in [1.165, 1.54) is 17.3 Å². The minimum absolute atomic E-state index is 0.0716. The molecule has 2 rings (SSSR count). The molecule has 0 bridgehead atoms. The van der Waals surface area contributed by atoms with E-state index in [4.69, 9.17) is 11.6 Å². The van der Waals surface area contributed by atoms with Gasteiger partial charge in [0.2, 0.25) is 11.8 Å². The van der Waals surface area contributed by atoms with E-state index in [-0.39, 0.29) is 17.6 Å². The minimum atomic E-state index is -0.560. The zero-order chi connectivity index (χ0) is 21.4. The zero-order valence-electron chi connectivity index (χ0n) is 17.4. The Balaban J connectivity index is 2.10. The SMILES string of the molecule is Cc1ccc(SCC(=O)N(Cc2ccc(Cl)cc2)C(C)C(=O)NCC(C)C)cc1. The molecular weight excluding hydrogens is 404 g/mol. The van der Waals surface area contributed by atoms with E-state index < -0.39 is 6.04 Å². The van der Waals surface area contributed by atoms with Gasteiger partial charge in [-0.3, -0.25) is 9.59 Å². The lowest BCUT2D eigenvalue weighted by Crippen LogP contribution is -2.48. The van der Waals surface area contributed by atoms with Crippen molar-refractivity contribution in [3.8, 4) is 0 Å². The summed E-state index contributed by atoms with van der Waals surface area (Å²) in [5.74, 6) is 0.418. The van der Waals surface area contributed by atoms with Crippen molar-refractivity contribution in [2.75, 3.05) is 12.3 Å². The summed E-state index contributed by atoms with van der Waals surface area (Å²) in [4.78, 5) is 28.3. The van der Waals surface area contributed by atoms with Gasteiger partial charge in [-0.2, -0.15) is 0 Å². The highest BCUT2D eigenvalue weighted by atomic mass is 35.5. The lowest BCUT2D eigenvalue weighted by molar-refractivity contribution is -0.138. The first-order chi connectivity index (χ1) is 13.8. The average molecular weight is 433 g/mol. The molecule has 2 aromatic rings. The second-order valence-electron chi connectivity index (χ2n) is 7.56. The summed E-state index contributed by atoms with van der Waals surface area (Å²) >= 11 is 7.46. The van der Waals surface area contributed by atoms with Gasteiger partial charge in [0.05, 0.1) is 5.75 Å². The summed E-state index contributed by atoms with van der Waals surface area (Å²) in [7, 11) is 0. The standard InChI is InChI=1S/C23H29ClN2O2S/c1-16(2)13-25-23(28)18(4)26(14-19-7-9-20(24)10-8-19)22(27)15-29-21-11-5-17(3)6-12-21/h5-12,16,18H,13-15H2,1-4H3,(H,25,28). The van der Waals surface area contributed by atoms with E-state index in [0.717, 1.165) is 10.5 Å². The highest BCUT2D eigenvalue weighted by molar-refractivity contribution is 8.00. The Kier molecular flexibility index (Phi) is 9.05. The van der Waals surface area contributed by atoms with Crippen LogP contribution in [0, 0.1) is 12.8 Å². The number of amides is 2. The first-order valence-corrected chi connectivity index (χ1v) is 11.1. The summed E-state index contributed by atoms with van der Waals surface area (Å²) in [6.07, 6.45) is 0. The highest BCUT2D eigenvalue weighted by Gasteiger charge is 2.26. The largest absolute Gasteiger partial charge is 0.354 e. The molecule has 29 heavy (non-hydrogen) atoms. The number of nitrogens with zero attached hydrogens (tertiary/aromatic N) is 1. The fraction of sp³-hybridized carbons (Fsp3) is 0.391. The molecule has 6 heteroatoms. The molecule has 0 aliphatic carbocycles. The van der Waals surface area contributed by atoms with Gasteiger partial charge in [0.1, 0.15) is 6.04 Å². The van der Waals surface area contributed by atoms with E-state index in [9.17, 15) is 9.59 Å². The van der Waals surface area contributed by atoms with E-state index >= 15 is 0 Å². The van der Waals surface area contributed by atoms with Crippen LogP contribution in [0.2, 0.25) is 5.02 Å². The topological polar surface area (TPSA) is 49.4 Å². The zero-order valence-corrected chi connectivity index (χ0v) is 19.0. The third-order valence-corrected chi connectivity index (χ3v) is 5.75. The van der Waals surface area contributed by atoms with Crippen molar-refractivity contribution in [1.82, 2.24) is 10.2 Å². The molecule has 1 atom stereocenters. The third kappa shape index (κ3) is 7.75. The Bertz CT molecular complexity index is 807. The quantitative estimate of drug-likeness (QED) is 0.571. The predicted molar refractivity (Wildman–Crippen MR) is 121 cm³/mol. The summed E-state index contributed by atoms with van der Waals surface area (Å²) < 4.78 is 0. The number of rotatable bonds is 9. The van der Waals surface area contributed by atoms with Crippen molar-refractivity contribution in [3.05, 3.63) is 64.7 Å². The fourth-order valence-electron chi connectivity index (χ4n) is 2.68. The summed E-state index contributed by atoms with van der Waals surface area (Å²) in [5.41, 5.74) is 2.12. The molecule has 0 fully saturated rings. The monoisotopic (exact) mass is 432 g/mol. The third-order valence-electron chi connectivity index (χ3n) is 4.50. The maximum absolute atomic E-state index is 13.0. The normalized spacial score (nSPS) is 11.9. The molecule has 0 radical (unpaired) electrons. The van der Waals surface area contributed by atoms with Crippen molar-refractivity contribution in [1.29, 1.82) is 0 Å². The molecule has 2 amide bonds. The Hall–Kier alpha value is -1.98. The molecule has 1 unspecified atom stereocenters. The van der Waals surface area contributed by atoms with Crippen LogP contribution in [0.4, 0.5) is 0 Å². The molecule has 156 valence electrons. The molecule has 0 aliphatic rings. The van der Waals surface area contributed by atoms with Gasteiger partial charge in [-0.15, -0.1) is 11.8 Å². The van der Waals surface area contributed by atoms with Gasteiger partial charge < -0.3 is 10.2 Å². The van der Waals surface area contributed by atoms with Crippen LogP contribution >= 0.6 is 23.4 Å². The predicted octanol–water partition coefficient (Wildman–Crippen LogP) is 4.93. The van der Waals surface area contributed by atoms with Gasteiger partial charge in [-0.1, -0.05) is 55.3 Å². The first-order valence-electron chi connectivity index (χ1n) is 9.77. The number of halogens is 1. The van der Waals surface area contributed by atoms with Crippen LogP contribution in [0.1, 0.15) is 31.9 Å². The van der Waals surface area contributed by atoms with Crippen LogP contribution in [0.25, 0.3) is 0 Å². The highest BCUT2D eigenvalue weighted by Crippen LogP contribution is 2.20. The molecular formula is C23H29ClN2O2S.